The molecule has 0 aliphatic rings. The van der Waals surface area contributed by atoms with E-state index in [9.17, 15) is 0 Å². The number of benzene rings is 9. The minimum atomic E-state index is 1.09. The van der Waals surface area contributed by atoms with E-state index in [-0.39, 0.29) is 0 Å². The van der Waals surface area contributed by atoms with E-state index >= 15 is 0 Å². The van der Waals surface area contributed by atoms with Gasteiger partial charge in [-0.15, -0.1) is 0 Å². The molecule has 0 spiro atoms. The van der Waals surface area contributed by atoms with Gasteiger partial charge in [-0.2, -0.15) is 0 Å². The van der Waals surface area contributed by atoms with E-state index in [0.717, 1.165) is 34.1 Å². The predicted octanol–water partition coefficient (Wildman–Crippen LogP) is 14.3. The molecule has 0 bridgehead atoms. The Morgan fingerprint density at radius 3 is 1.27 bits per heavy atom. The molecule has 246 valence electrons. The third kappa shape index (κ3) is 6.08. The molecule has 0 atom stereocenters. The Morgan fingerprint density at radius 1 is 0.231 bits per heavy atom. The molecule has 0 unspecified atom stereocenters. The lowest BCUT2D eigenvalue weighted by Crippen LogP contribution is -2.12. The highest BCUT2D eigenvalue weighted by molar-refractivity contribution is 6.02. The zero-order valence-electron chi connectivity index (χ0n) is 28.7. The fraction of sp³-hybridized carbons (Fsp3) is 0. The highest BCUT2D eigenvalue weighted by Crippen LogP contribution is 2.43. The summed E-state index contributed by atoms with van der Waals surface area (Å²) in [6.45, 7) is 0. The molecular formula is C50H36N2. The SMILES string of the molecule is c1ccc(-c2ccc(N(c3ccc4ccccc4c3)c3ccc4cccc(N(c5ccccc5)c5ccc(-c6ccccc6)cc5)c4c3)cc2)cc1. The summed E-state index contributed by atoms with van der Waals surface area (Å²) in [5, 5.41) is 4.79. The van der Waals surface area contributed by atoms with Gasteiger partial charge in [-0.25, -0.2) is 0 Å². The van der Waals surface area contributed by atoms with Gasteiger partial charge >= 0.3 is 0 Å². The van der Waals surface area contributed by atoms with Gasteiger partial charge in [-0.1, -0.05) is 152 Å². The minimum absolute atomic E-state index is 1.09. The standard InChI is InChI=1S/C50H36N2/c1-4-13-37(14-5-1)40-23-29-45(30-24-40)51(47-33-27-39-17-10-11-18-43(39)35-47)48-34-28-42-19-12-22-50(49(42)36-48)52(44-20-8-3-9-21-44)46-31-25-41(26-32-46)38-15-6-2-7-16-38/h1-36H. The Hall–Kier alpha value is -6.90. The summed E-state index contributed by atoms with van der Waals surface area (Å²) in [6.07, 6.45) is 0. The van der Waals surface area contributed by atoms with Crippen molar-refractivity contribution in [1.29, 1.82) is 0 Å². The number of fused-ring (bicyclic) bond motifs is 2. The van der Waals surface area contributed by atoms with Crippen LogP contribution < -0.4 is 9.80 Å². The Kier molecular flexibility index (Phi) is 8.24. The Bertz CT molecular complexity index is 2600. The zero-order chi connectivity index (χ0) is 34.7. The van der Waals surface area contributed by atoms with Crippen molar-refractivity contribution in [3.05, 3.63) is 218 Å². The summed E-state index contributed by atoms with van der Waals surface area (Å²) in [7, 11) is 0. The van der Waals surface area contributed by atoms with Crippen LogP contribution in [0.25, 0.3) is 43.8 Å². The number of rotatable bonds is 8. The lowest BCUT2D eigenvalue weighted by Gasteiger charge is -2.29. The molecule has 0 amide bonds. The second-order valence-corrected chi connectivity index (χ2v) is 13.0. The van der Waals surface area contributed by atoms with Gasteiger partial charge in [0.1, 0.15) is 0 Å². The van der Waals surface area contributed by atoms with Crippen molar-refractivity contribution in [2.75, 3.05) is 9.80 Å². The average molecular weight is 665 g/mol. The van der Waals surface area contributed by atoms with Gasteiger partial charge in [-0.05, 0) is 105 Å². The number of para-hydroxylation sites is 1. The molecule has 0 fully saturated rings. The van der Waals surface area contributed by atoms with Crippen LogP contribution in [-0.2, 0) is 0 Å². The molecule has 2 nitrogen and oxygen atoms in total. The van der Waals surface area contributed by atoms with Gasteiger partial charge in [0.05, 0.1) is 5.69 Å². The number of hydrogen-bond acceptors (Lipinski definition) is 2. The predicted molar refractivity (Wildman–Crippen MR) is 222 cm³/mol. The Balaban J connectivity index is 1.20. The summed E-state index contributed by atoms with van der Waals surface area (Å²) in [4.78, 5) is 4.74. The molecule has 0 aliphatic heterocycles. The lowest BCUT2D eigenvalue weighted by atomic mass is 10.0. The minimum Gasteiger partial charge on any atom is -0.310 e. The molecule has 9 rings (SSSR count). The van der Waals surface area contributed by atoms with E-state index in [1.165, 1.54) is 43.8 Å². The van der Waals surface area contributed by atoms with E-state index in [2.05, 4.69) is 228 Å². The van der Waals surface area contributed by atoms with Crippen LogP contribution in [0.15, 0.2) is 218 Å². The van der Waals surface area contributed by atoms with E-state index < -0.39 is 0 Å². The molecule has 0 heterocycles. The van der Waals surface area contributed by atoms with Gasteiger partial charge in [0.2, 0.25) is 0 Å². The van der Waals surface area contributed by atoms with Gasteiger partial charge in [0.25, 0.3) is 0 Å². The largest absolute Gasteiger partial charge is 0.310 e. The van der Waals surface area contributed by atoms with Crippen LogP contribution in [0.4, 0.5) is 34.1 Å². The molecule has 9 aromatic rings. The Labute approximate surface area is 305 Å². The van der Waals surface area contributed by atoms with Crippen LogP contribution in [0, 0.1) is 0 Å². The number of nitrogens with zero attached hydrogens (tertiary/aromatic N) is 2. The first kappa shape index (κ1) is 31.1. The van der Waals surface area contributed by atoms with Crippen LogP contribution in [0.5, 0.6) is 0 Å². The number of hydrogen-bond donors (Lipinski definition) is 0. The van der Waals surface area contributed by atoms with Gasteiger partial charge < -0.3 is 9.80 Å². The van der Waals surface area contributed by atoms with Crippen LogP contribution in [-0.4, -0.2) is 0 Å². The smallest absolute Gasteiger partial charge is 0.0540 e. The molecular weight excluding hydrogens is 629 g/mol. The van der Waals surface area contributed by atoms with Crippen molar-refractivity contribution < 1.29 is 0 Å². The summed E-state index contributed by atoms with van der Waals surface area (Å²) in [5.41, 5.74) is 11.4. The summed E-state index contributed by atoms with van der Waals surface area (Å²) < 4.78 is 0. The van der Waals surface area contributed by atoms with Crippen LogP contribution in [0.2, 0.25) is 0 Å². The molecule has 0 aromatic heterocycles. The van der Waals surface area contributed by atoms with Gasteiger partial charge in [0, 0.05) is 33.8 Å². The first-order valence-corrected chi connectivity index (χ1v) is 17.8. The highest BCUT2D eigenvalue weighted by atomic mass is 15.2. The average Bonchev–Trinajstić information content (AvgIpc) is 3.23. The maximum Gasteiger partial charge on any atom is 0.0540 e. The van der Waals surface area contributed by atoms with E-state index in [1.54, 1.807) is 0 Å². The van der Waals surface area contributed by atoms with Crippen LogP contribution in [0.3, 0.4) is 0 Å². The first-order valence-electron chi connectivity index (χ1n) is 17.8. The monoisotopic (exact) mass is 664 g/mol. The van der Waals surface area contributed by atoms with Crippen molar-refractivity contribution in [3.63, 3.8) is 0 Å². The topological polar surface area (TPSA) is 6.48 Å². The zero-order valence-corrected chi connectivity index (χ0v) is 28.7. The van der Waals surface area contributed by atoms with Crippen LogP contribution in [0.1, 0.15) is 0 Å². The fourth-order valence-electron chi connectivity index (χ4n) is 7.21. The van der Waals surface area contributed by atoms with E-state index in [0.29, 0.717) is 0 Å². The number of anilines is 6. The summed E-state index contributed by atoms with van der Waals surface area (Å²) >= 11 is 0. The molecule has 0 N–H and O–H groups in total. The van der Waals surface area contributed by atoms with E-state index in [4.69, 9.17) is 0 Å². The van der Waals surface area contributed by atoms with Crippen molar-refractivity contribution in [2.45, 2.75) is 0 Å². The van der Waals surface area contributed by atoms with Gasteiger partial charge in [-0.3, -0.25) is 0 Å². The van der Waals surface area contributed by atoms with Crippen LogP contribution >= 0.6 is 0 Å². The fourth-order valence-corrected chi connectivity index (χ4v) is 7.21. The summed E-state index contributed by atoms with van der Waals surface area (Å²) in [6, 6.07) is 78.4. The normalized spacial score (nSPS) is 11.1. The molecule has 0 radical (unpaired) electrons. The first-order chi connectivity index (χ1) is 25.8. The second kappa shape index (κ2) is 13.8. The van der Waals surface area contributed by atoms with Crippen molar-refractivity contribution in [3.8, 4) is 22.3 Å². The molecule has 2 heteroatoms. The molecule has 0 aliphatic carbocycles. The van der Waals surface area contributed by atoms with Crippen molar-refractivity contribution in [1.82, 2.24) is 0 Å². The molecule has 9 aromatic carbocycles. The Morgan fingerprint density at radius 2 is 0.654 bits per heavy atom. The van der Waals surface area contributed by atoms with Gasteiger partial charge in [0.15, 0.2) is 0 Å². The highest BCUT2D eigenvalue weighted by Gasteiger charge is 2.19. The van der Waals surface area contributed by atoms with Crippen molar-refractivity contribution in [2.24, 2.45) is 0 Å². The third-order valence-electron chi connectivity index (χ3n) is 9.81. The lowest BCUT2D eigenvalue weighted by molar-refractivity contribution is 1.28. The molecule has 0 saturated carbocycles. The third-order valence-corrected chi connectivity index (χ3v) is 9.81. The second-order valence-electron chi connectivity index (χ2n) is 13.0. The molecule has 0 saturated heterocycles. The van der Waals surface area contributed by atoms with Crippen molar-refractivity contribution >= 4 is 55.7 Å². The maximum atomic E-state index is 2.37. The quantitative estimate of drug-likeness (QED) is 0.159. The van der Waals surface area contributed by atoms with E-state index in [1.807, 2.05) is 0 Å². The molecule has 52 heavy (non-hydrogen) atoms. The summed E-state index contributed by atoms with van der Waals surface area (Å²) in [5.74, 6) is 0. The maximum absolute atomic E-state index is 2.37.